The molecule has 3 N–H and O–H groups in total. The first-order valence-corrected chi connectivity index (χ1v) is 6.66. The van der Waals surface area contributed by atoms with Gasteiger partial charge in [-0.05, 0) is 36.8 Å². The zero-order valence-corrected chi connectivity index (χ0v) is 10.7. The molecule has 0 spiro atoms. The molecule has 1 unspecified atom stereocenters. The lowest BCUT2D eigenvalue weighted by atomic mass is 9.83. The van der Waals surface area contributed by atoms with E-state index in [0.29, 0.717) is 0 Å². The quantitative estimate of drug-likeness (QED) is 0.843. The first kappa shape index (κ1) is 12.6. The molecule has 1 saturated carbocycles. The van der Waals surface area contributed by atoms with Crippen molar-refractivity contribution in [2.75, 3.05) is 6.54 Å². The summed E-state index contributed by atoms with van der Waals surface area (Å²) < 4.78 is 0. The summed E-state index contributed by atoms with van der Waals surface area (Å²) in [6.07, 6.45) is 6.72. The third-order valence-electron chi connectivity index (χ3n) is 4.01. The third-order valence-corrected chi connectivity index (χ3v) is 4.01. The van der Waals surface area contributed by atoms with Crippen LogP contribution in [-0.2, 0) is 5.60 Å². The lowest BCUT2D eigenvalue weighted by Crippen LogP contribution is -2.31. The van der Waals surface area contributed by atoms with Crippen molar-refractivity contribution in [3.8, 4) is 0 Å². The fraction of sp³-hybridized carbons (Fsp3) is 0.600. The summed E-state index contributed by atoms with van der Waals surface area (Å²) in [6, 6.07) is 8.37. The monoisotopic (exact) mass is 233 g/mol. The van der Waals surface area contributed by atoms with Gasteiger partial charge in [0.2, 0.25) is 0 Å². The second-order valence-electron chi connectivity index (χ2n) is 5.43. The van der Waals surface area contributed by atoms with Gasteiger partial charge in [0, 0.05) is 6.54 Å². The van der Waals surface area contributed by atoms with Crippen LogP contribution in [0.3, 0.4) is 0 Å². The van der Waals surface area contributed by atoms with E-state index in [4.69, 9.17) is 5.73 Å². The second kappa shape index (κ2) is 5.19. The highest BCUT2D eigenvalue weighted by atomic mass is 16.3. The van der Waals surface area contributed by atoms with E-state index < -0.39 is 5.60 Å². The molecular formula is C15H23NO. The first-order chi connectivity index (χ1) is 8.13. The predicted octanol–water partition coefficient (Wildman–Crippen LogP) is 2.90. The van der Waals surface area contributed by atoms with E-state index in [9.17, 15) is 5.11 Å². The maximum atomic E-state index is 10.1. The smallest absolute Gasteiger partial charge is 0.0990 e. The molecule has 1 fully saturated rings. The molecule has 0 saturated heterocycles. The van der Waals surface area contributed by atoms with Crippen LogP contribution in [0.2, 0.25) is 0 Å². The van der Waals surface area contributed by atoms with Gasteiger partial charge >= 0.3 is 0 Å². The van der Waals surface area contributed by atoms with E-state index in [-0.39, 0.29) is 6.54 Å². The molecule has 2 rings (SSSR count). The van der Waals surface area contributed by atoms with Crippen LogP contribution in [0, 0.1) is 0 Å². The van der Waals surface area contributed by atoms with Crippen molar-refractivity contribution < 1.29 is 5.11 Å². The van der Waals surface area contributed by atoms with Gasteiger partial charge in [-0.1, -0.05) is 43.5 Å². The molecule has 0 bridgehead atoms. The van der Waals surface area contributed by atoms with Gasteiger partial charge in [-0.2, -0.15) is 0 Å². The van der Waals surface area contributed by atoms with Crippen molar-refractivity contribution in [2.45, 2.75) is 50.5 Å². The molecule has 0 aliphatic heterocycles. The Morgan fingerprint density at radius 1 is 1.18 bits per heavy atom. The topological polar surface area (TPSA) is 46.2 Å². The van der Waals surface area contributed by atoms with E-state index in [1.165, 1.54) is 37.7 Å². The number of nitrogens with two attached hydrogens (primary N) is 1. The average Bonchev–Trinajstić information content (AvgIpc) is 2.40. The number of benzene rings is 1. The van der Waals surface area contributed by atoms with E-state index in [2.05, 4.69) is 12.1 Å². The Labute approximate surface area is 104 Å². The molecule has 2 nitrogen and oxygen atoms in total. The lowest BCUT2D eigenvalue weighted by Gasteiger charge is -2.25. The Balaban J connectivity index is 2.12. The van der Waals surface area contributed by atoms with E-state index in [1.807, 2.05) is 12.1 Å². The Hall–Kier alpha value is -0.860. The summed E-state index contributed by atoms with van der Waals surface area (Å²) in [5.41, 5.74) is 7.01. The van der Waals surface area contributed by atoms with Crippen LogP contribution in [-0.4, -0.2) is 11.7 Å². The molecule has 94 valence electrons. The van der Waals surface area contributed by atoms with Gasteiger partial charge in [0.25, 0.3) is 0 Å². The molecule has 1 atom stereocenters. The van der Waals surface area contributed by atoms with Crippen LogP contribution in [0.4, 0.5) is 0 Å². The number of hydrogen-bond donors (Lipinski definition) is 2. The third kappa shape index (κ3) is 2.88. The summed E-state index contributed by atoms with van der Waals surface area (Å²) in [5.74, 6) is 0.723. The minimum absolute atomic E-state index is 0.260. The van der Waals surface area contributed by atoms with Gasteiger partial charge in [0.1, 0.15) is 0 Å². The number of rotatable bonds is 3. The Morgan fingerprint density at radius 2 is 1.76 bits per heavy atom. The highest BCUT2D eigenvalue weighted by Gasteiger charge is 2.21. The standard InChI is InChI=1S/C15H23NO/c1-15(17,11-16)14-9-7-13(8-10-14)12-5-3-2-4-6-12/h7-10,12,17H,2-6,11,16H2,1H3. The zero-order valence-electron chi connectivity index (χ0n) is 10.7. The minimum Gasteiger partial charge on any atom is -0.384 e. The fourth-order valence-corrected chi connectivity index (χ4v) is 2.67. The maximum absolute atomic E-state index is 10.1. The molecule has 1 aliphatic rings. The molecular weight excluding hydrogens is 210 g/mol. The van der Waals surface area contributed by atoms with Crippen LogP contribution in [0.25, 0.3) is 0 Å². The molecule has 0 amide bonds. The highest BCUT2D eigenvalue weighted by Crippen LogP contribution is 2.33. The molecule has 0 heterocycles. The lowest BCUT2D eigenvalue weighted by molar-refractivity contribution is 0.0668. The van der Waals surface area contributed by atoms with Crippen molar-refractivity contribution in [3.05, 3.63) is 35.4 Å². The molecule has 1 aromatic carbocycles. The van der Waals surface area contributed by atoms with Crippen molar-refractivity contribution in [1.29, 1.82) is 0 Å². The molecule has 2 heteroatoms. The highest BCUT2D eigenvalue weighted by molar-refractivity contribution is 5.29. The molecule has 0 aromatic heterocycles. The van der Waals surface area contributed by atoms with Gasteiger partial charge in [-0.15, -0.1) is 0 Å². The van der Waals surface area contributed by atoms with Crippen LogP contribution < -0.4 is 5.73 Å². The summed E-state index contributed by atoms with van der Waals surface area (Å²) in [6.45, 7) is 2.03. The predicted molar refractivity (Wildman–Crippen MR) is 70.9 cm³/mol. The van der Waals surface area contributed by atoms with Crippen molar-refractivity contribution in [2.24, 2.45) is 5.73 Å². The molecule has 1 aliphatic carbocycles. The second-order valence-corrected chi connectivity index (χ2v) is 5.43. The van der Waals surface area contributed by atoms with Crippen LogP contribution in [0.1, 0.15) is 56.1 Å². The van der Waals surface area contributed by atoms with Crippen LogP contribution in [0.15, 0.2) is 24.3 Å². The Kier molecular flexibility index (Phi) is 3.85. The van der Waals surface area contributed by atoms with Crippen LogP contribution >= 0.6 is 0 Å². The Bertz CT molecular complexity index is 350. The number of hydrogen-bond acceptors (Lipinski definition) is 2. The van der Waals surface area contributed by atoms with Gasteiger partial charge in [0.05, 0.1) is 5.60 Å². The zero-order chi connectivity index (χ0) is 12.3. The average molecular weight is 233 g/mol. The fourth-order valence-electron chi connectivity index (χ4n) is 2.67. The van der Waals surface area contributed by atoms with Gasteiger partial charge in [-0.25, -0.2) is 0 Å². The summed E-state index contributed by atoms with van der Waals surface area (Å²) in [7, 11) is 0. The molecule has 0 radical (unpaired) electrons. The molecule has 17 heavy (non-hydrogen) atoms. The Morgan fingerprint density at radius 3 is 2.29 bits per heavy atom. The van der Waals surface area contributed by atoms with Crippen molar-refractivity contribution >= 4 is 0 Å². The summed E-state index contributed by atoms with van der Waals surface area (Å²) in [4.78, 5) is 0. The van der Waals surface area contributed by atoms with Crippen molar-refractivity contribution in [1.82, 2.24) is 0 Å². The first-order valence-electron chi connectivity index (χ1n) is 6.66. The maximum Gasteiger partial charge on any atom is 0.0990 e. The van der Waals surface area contributed by atoms with Gasteiger partial charge in [0.15, 0.2) is 0 Å². The number of aliphatic hydroxyl groups is 1. The van der Waals surface area contributed by atoms with Crippen LogP contribution in [0.5, 0.6) is 0 Å². The normalized spacial score (nSPS) is 21.1. The largest absolute Gasteiger partial charge is 0.384 e. The van der Waals surface area contributed by atoms with Crippen molar-refractivity contribution in [3.63, 3.8) is 0 Å². The van der Waals surface area contributed by atoms with E-state index in [0.717, 1.165) is 11.5 Å². The molecule has 1 aromatic rings. The SMILES string of the molecule is CC(O)(CN)c1ccc(C2CCCCC2)cc1. The summed E-state index contributed by atoms with van der Waals surface area (Å²) >= 11 is 0. The summed E-state index contributed by atoms with van der Waals surface area (Å²) in [5, 5.41) is 10.1. The minimum atomic E-state index is -0.898. The van der Waals surface area contributed by atoms with E-state index in [1.54, 1.807) is 6.92 Å². The van der Waals surface area contributed by atoms with Gasteiger partial charge in [-0.3, -0.25) is 0 Å². The van der Waals surface area contributed by atoms with Gasteiger partial charge < -0.3 is 10.8 Å². The van der Waals surface area contributed by atoms with E-state index >= 15 is 0 Å².